The summed E-state index contributed by atoms with van der Waals surface area (Å²) in [4.78, 5) is 3.92. The van der Waals surface area contributed by atoms with Crippen LogP contribution in [-0.4, -0.2) is 6.72 Å². The highest BCUT2D eigenvalue weighted by Gasteiger charge is 2.19. The van der Waals surface area contributed by atoms with Gasteiger partial charge in [0.2, 0.25) is 0 Å². The summed E-state index contributed by atoms with van der Waals surface area (Å²) in [6.07, 6.45) is 1.64. The molecule has 1 aromatic heterocycles. The van der Waals surface area contributed by atoms with Crippen molar-refractivity contribution in [1.29, 1.82) is 0 Å². The van der Waals surface area contributed by atoms with Crippen molar-refractivity contribution in [2.75, 3.05) is 0 Å². The Balaban J connectivity index is 2.95. The maximum Gasteiger partial charge on any atom is 0.130 e. The van der Waals surface area contributed by atoms with Gasteiger partial charge in [-0.2, -0.15) is 0 Å². The molecule has 0 amide bonds. The summed E-state index contributed by atoms with van der Waals surface area (Å²) in [5, 5.41) is 0. The summed E-state index contributed by atoms with van der Waals surface area (Å²) in [7, 11) is 0. The van der Waals surface area contributed by atoms with Gasteiger partial charge in [0.1, 0.15) is 11.3 Å². The number of hydrogen-bond acceptors (Lipinski definition) is 2. The molecule has 0 unspecified atom stereocenters. The third-order valence-corrected chi connectivity index (χ3v) is 1.52. The Morgan fingerprint density at radius 2 is 2.30 bits per heavy atom. The standard InChI is InChI=1S/C8H11NO/c1-8(2,9-3)7-5-4-6-10-7/h4-6H,3H2,1-2H3. The first kappa shape index (κ1) is 7.06. The molecule has 0 atom stereocenters. The zero-order valence-corrected chi connectivity index (χ0v) is 6.29. The van der Waals surface area contributed by atoms with Crippen molar-refractivity contribution >= 4 is 6.72 Å². The molecule has 2 nitrogen and oxygen atoms in total. The molecule has 54 valence electrons. The van der Waals surface area contributed by atoms with Gasteiger partial charge in [0.15, 0.2) is 0 Å². The van der Waals surface area contributed by atoms with Crippen molar-refractivity contribution in [2.24, 2.45) is 4.99 Å². The Kier molecular flexibility index (Phi) is 1.62. The highest BCUT2D eigenvalue weighted by atomic mass is 16.3. The topological polar surface area (TPSA) is 25.5 Å². The van der Waals surface area contributed by atoms with Crippen LogP contribution in [0.15, 0.2) is 27.8 Å². The fourth-order valence-corrected chi connectivity index (χ4v) is 0.705. The molecule has 2 heteroatoms. The summed E-state index contributed by atoms with van der Waals surface area (Å²) < 4.78 is 5.16. The second kappa shape index (κ2) is 2.29. The van der Waals surface area contributed by atoms with Gasteiger partial charge in [-0.05, 0) is 32.7 Å². The SMILES string of the molecule is C=NC(C)(C)c1ccco1. The largest absolute Gasteiger partial charge is 0.467 e. The Hall–Kier alpha value is -1.05. The molecule has 0 aliphatic carbocycles. The van der Waals surface area contributed by atoms with Gasteiger partial charge < -0.3 is 4.42 Å². The van der Waals surface area contributed by atoms with Crippen LogP contribution in [0.25, 0.3) is 0 Å². The fourth-order valence-electron chi connectivity index (χ4n) is 0.705. The first-order valence-electron chi connectivity index (χ1n) is 3.19. The Morgan fingerprint density at radius 3 is 2.70 bits per heavy atom. The van der Waals surface area contributed by atoms with Crippen molar-refractivity contribution < 1.29 is 4.42 Å². The van der Waals surface area contributed by atoms with E-state index in [4.69, 9.17) is 4.42 Å². The quantitative estimate of drug-likeness (QED) is 0.574. The molecular weight excluding hydrogens is 126 g/mol. The average Bonchev–Trinajstić information content (AvgIpc) is 2.38. The molecule has 0 fully saturated rings. The first-order valence-corrected chi connectivity index (χ1v) is 3.19. The van der Waals surface area contributed by atoms with Crippen LogP contribution in [0.5, 0.6) is 0 Å². The van der Waals surface area contributed by atoms with Crippen LogP contribution in [0, 0.1) is 0 Å². The Bertz CT molecular complexity index is 211. The monoisotopic (exact) mass is 137 g/mol. The van der Waals surface area contributed by atoms with Gasteiger partial charge in [-0.1, -0.05) is 0 Å². The Labute approximate surface area is 60.6 Å². The number of aliphatic imine (C=N–C) groups is 1. The van der Waals surface area contributed by atoms with E-state index in [1.54, 1.807) is 6.26 Å². The van der Waals surface area contributed by atoms with E-state index in [2.05, 4.69) is 11.7 Å². The molecule has 0 aromatic carbocycles. The maximum atomic E-state index is 5.16. The second-order valence-corrected chi connectivity index (χ2v) is 2.69. The lowest BCUT2D eigenvalue weighted by Crippen LogP contribution is -2.11. The molecule has 0 spiro atoms. The minimum atomic E-state index is -0.288. The smallest absolute Gasteiger partial charge is 0.130 e. The molecule has 0 saturated heterocycles. The molecule has 0 N–H and O–H groups in total. The van der Waals surface area contributed by atoms with Gasteiger partial charge in [-0.3, -0.25) is 4.99 Å². The minimum absolute atomic E-state index is 0.288. The van der Waals surface area contributed by atoms with E-state index in [9.17, 15) is 0 Å². The van der Waals surface area contributed by atoms with Crippen LogP contribution in [0.4, 0.5) is 0 Å². The number of rotatable bonds is 2. The molecular formula is C8H11NO. The maximum absolute atomic E-state index is 5.16. The molecule has 10 heavy (non-hydrogen) atoms. The molecule has 0 saturated carbocycles. The Morgan fingerprint density at radius 1 is 1.60 bits per heavy atom. The molecule has 0 aliphatic heterocycles. The van der Waals surface area contributed by atoms with Crippen LogP contribution in [-0.2, 0) is 5.54 Å². The number of hydrogen-bond donors (Lipinski definition) is 0. The van der Waals surface area contributed by atoms with Crippen molar-refractivity contribution in [3.8, 4) is 0 Å². The van der Waals surface area contributed by atoms with Gasteiger partial charge >= 0.3 is 0 Å². The van der Waals surface area contributed by atoms with Crippen molar-refractivity contribution in [3.63, 3.8) is 0 Å². The predicted molar refractivity (Wildman–Crippen MR) is 41.3 cm³/mol. The van der Waals surface area contributed by atoms with Gasteiger partial charge in [-0.25, -0.2) is 0 Å². The zero-order valence-electron chi connectivity index (χ0n) is 6.29. The summed E-state index contributed by atoms with van der Waals surface area (Å²) in [5.41, 5.74) is -0.288. The highest BCUT2D eigenvalue weighted by Crippen LogP contribution is 2.23. The zero-order chi connectivity index (χ0) is 7.61. The van der Waals surface area contributed by atoms with Gasteiger partial charge in [0, 0.05) is 0 Å². The number of furan rings is 1. The second-order valence-electron chi connectivity index (χ2n) is 2.69. The lowest BCUT2D eigenvalue weighted by molar-refractivity contribution is 0.398. The van der Waals surface area contributed by atoms with Crippen LogP contribution in [0.1, 0.15) is 19.6 Å². The fraction of sp³-hybridized carbons (Fsp3) is 0.375. The van der Waals surface area contributed by atoms with E-state index in [-0.39, 0.29) is 5.54 Å². The van der Waals surface area contributed by atoms with E-state index >= 15 is 0 Å². The predicted octanol–water partition coefficient (Wildman–Crippen LogP) is 2.22. The lowest BCUT2D eigenvalue weighted by atomic mass is 10.0. The lowest BCUT2D eigenvalue weighted by Gasteiger charge is -2.14. The van der Waals surface area contributed by atoms with Gasteiger partial charge in [0.25, 0.3) is 0 Å². The van der Waals surface area contributed by atoms with Crippen LogP contribution in [0.3, 0.4) is 0 Å². The van der Waals surface area contributed by atoms with Crippen LogP contribution < -0.4 is 0 Å². The van der Waals surface area contributed by atoms with Crippen molar-refractivity contribution in [3.05, 3.63) is 24.2 Å². The molecule has 0 radical (unpaired) electrons. The molecule has 1 aromatic rings. The van der Waals surface area contributed by atoms with E-state index in [0.717, 1.165) is 5.76 Å². The molecule has 1 rings (SSSR count). The third-order valence-electron chi connectivity index (χ3n) is 1.52. The summed E-state index contributed by atoms with van der Waals surface area (Å²) in [5.74, 6) is 0.850. The summed E-state index contributed by atoms with van der Waals surface area (Å²) in [6, 6.07) is 3.75. The highest BCUT2D eigenvalue weighted by molar-refractivity contribution is 5.27. The molecule has 1 heterocycles. The van der Waals surface area contributed by atoms with Gasteiger partial charge in [0.05, 0.1) is 6.26 Å². The van der Waals surface area contributed by atoms with Gasteiger partial charge in [-0.15, -0.1) is 0 Å². The van der Waals surface area contributed by atoms with E-state index < -0.39 is 0 Å². The molecule has 0 bridgehead atoms. The van der Waals surface area contributed by atoms with E-state index in [0.29, 0.717) is 0 Å². The number of nitrogens with zero attached hydrogens (tertiary/aromatic N) is 1. The van der Waals surface area contributed by atoms with E-state index in [1.807, 2.05) is 26.0 Å². The van der Waals surface area contributed by atoms with Crippen molar-refractivity contribution in [2.45, 2.75) is 19.4 Å². The average molecular weight is 137 g/mol. The normalized spacial score (nSPS) is 11.4. The summed E-state index contributed by atoms with van der Waals surface area (Å²) in [6.45, 7) is 7.39. The van der Waals surface area contributed by atoms with Crippen molar-refractivity contribution in [1.82, 2.24) is 0 Å². The van der Waals surface area contributed by atoms with Crippen LogP contribution in [0.2, 0.25) is 0 Å². The van der Waals surface area contributed by atoms with E-state index in [1.165, 1.54) is 0 Å². The van der Waals surface area contributed by atoms with Crippen LogP contribution >= 0.6 is 0 Å². The molecule has 0 aliphatic rings. The first-order chi connectivity index (χ1) is 4.67. The third kappa shape index (κ3) is 1.10. The minimum Gasteiger partial charge on any atom is -0.467 e. The summed E-state index contributed by atoms with van der Waals surface area (Å²) >= 11 is 0.